The zero-order chi connectivity index (χ0) is 44.6. The number of rotatable bonds is 11. The van der Waals surface area contributed by atoms with Gasteiger partial charge in [-0.1, -0.05) is 46.8 Å². The standard InChI is InChI=1S/C50H81NO9/c1-30(2)33-17-23-50(41(54)51-26-20-31-27-32(59-46(10,11)58-31)28-38(52)60-43(3,4)5)25-24-48(13)34(40(33)50)15-16-36-47(12)21-19-37(57-39(53)29-44(6,7)42(55)56)45(8,9)35(47)18-22-49(36,48)14/h31-37,40H,1,15-29H2,2-14H3,(H,51,54)(H,55,56)/t31?,32?,33-,34+,35-,36+,37-,40+,47-,48+,49+,50-/m0/s1. The number of carbonyl (C=O) groups excluding carboxylic acids is 3. The summed E-state index contributed by atoms with van der Waals surface area (Å²) in [6.45, 7) is 32.1. The third kappa shape index (κ3) is 8.36. The molecule has 0 aromatic rings. The SMILES string of the molecule is C=C(C)[C@@H]1CC[C@]2(C(=O)NCCC3CC(CC(=O)OC(C)(C)C)OC(C)(C)O3)CC[C@]3(C)[C@H](CC[C@@H]4[C@@]5(C)CC[C@H](OC(=O)CC(C)(C)C(=O)O)C(C)(C)[C@@H]5CC[C@]43C)[C@@H]12. The first-order valence-electron chi connectivity index (χ1n) is 23.5. The van der Waals surface area contributed by atoms with Crippen LogP contribution in [-0.4, -0.2) is 65.2 Å². The highest BCUT2D eigenvalue weighted by Crippen LogP contribution is 2.77. The van der Waals surface area contributed by atoms with Gasteiger partial charge in [-0.3, -0.25) is 19.2 Å². The van der Waals surface area contributed by atoms with Crippen LogP contribution in [0.4, 0.5) is 0 Å². The molecule has 6 fully saturated rings. The maximum absolute atomic E-state index is 14.8. The molecule has 0 radical (unpaired) electrons. The van der Waals surface area contributed by atoms with Gasteiger partial charge in [0.1, 0.15) is 11.7 Å². The van der Waals surface area contributed by atoms with Gasteiger partial charge in [0.15, 0.2) is 5.79 Å². The van der Waals surface area contributed by atoms with Gasteiger partial charge in [0.25, 0.3) is 0 Å². The van der Waals surface area contributed by atoms with Gasteiger partial charge in [0.05, 0.1) is 35.9 Å². The summed E-state index contributed by atoms with van der Waals surface area (Å²) in [6, 6.07) is 0. The molecular weight excluding hydrogens is 759 g/mol. The Bertz CT molecular complexity index is 1690. The predicted octanol–water partition coefficient (Wildman–Crippen LogP) is 10.2. The zero-order valence-corrected chi connectivity index (χ0v) is 39.6. The molecule has 5 saturated carbocycles. The van der Waals surface area contributed by atoms with Crippen molar-refractivity contribution in [3.63, 3.8) is 0 Å². The van der Waals surface area contributed by atoms with E-state index in [0.717, 1.165) is 64.2 Å². The molecule has 1 heterocycles. The van der Waals surface area contributed by atoms with E-state index < -0.39 is 34.2 Å². The summed E-state index contributed by atoms with van der Waals surface area (Å²) >= 11 is 0. The largest absolute Gasteiger partial charge is 0.481 e. The van der Waals surface area contributed by atoms with Crippen molar-refractivity contribution in [1.82, 2.24) is 5.32 Å². The number of amides is 1. The van der Waals surface area contributed by atoms with Crippen molar-refractivity contribution >= 4 is 23.8 Å². The van der Waals surface area contributed by atoms with Crippen molar-refractivity contribution in [2.45, 2.75) is 210 Å². The molecule has 5 aliphatic carbocycles. The Morgan fingerprint density at radius 3 is 2.08 bits per heavy atom. The van der Waals surface area contributed by atoms with E-state index in [1.807, 2.05) is 34.6 Å². The lowest BCUT2D eigenvalue weighted by Crippen LogP contribution is -2.67. The lowest BCUT2D eigenvalue weighted by Gasteiger charge is -2.72. The summed E-state index contributed by atoms with van der Waals surface area (Å²) in [7, 11) is 0. The van der Waals surface area contributed by atoms with Crippen molar-refractivity contribution in [2.24, 2.45) is 62.1 Å². The molecule has 0 bridgehead atoms. The number of esters is 2. The molecule has 10 heteroatoms. The Hall–Kier alpha value is -2.46. The molecule has 1 aliphatic heterocycles. The van der Waals surface area contributed by atoms with Crippen LogP contribution in [0.3, 0.4) is 0 Å². The average Bonchev–Trinajstić information content (AvgIpc) is 3.49. The third-order valence-electron chi connectivity index (χ3n) is 17.9. The normalized spacial score (nSPS) is 40.8. The van der Waals surface area contributed by atoms with Crippen molar-refractivity contribution in [2.75, 3.05) is 6.54 Å². The molecule has 6 aliphatic rings. The van der Waals surface area contributed by atoms with Gasteiger partial charge < -0.3 is 29.4 Å². The van der Waals surface area contributed by atoms with E-state index >= 15 is 0 Å². The monoisotopic (exact) mass is 840 g/mol. The molecule has 60 heavy (non-hydrogen) atoms. The van der Waals surface area contributed by atoms with E-state index in [-0.39, 0.29) is 70.6 Å². The van der Waals surface area contributed by atoms with Gasteiger partial charge in [-0.05, 0) is 172 Å². The van der Waals surface area contributed by atoms with Crippen molar-refractivity contribution in [3.8, 4) is 0 Å². The number of fused-ring (bicyclic) bond motifs is 7. The Balaban J connectivity index is 1.16. The van der Waals surface area contributed by atoms with Crippen LogP contribution < -0.4 is 5.32 Å². The minimum Gasteiger partial charge on any atom is -0.481 e. The molecule has 2 N–H and O–H groups in total. The summed E-state index contributed by atoms with van der Waals surface area (Å²) in [4.78, 5) is 52.5. The topological polar surface area (TPSA) is 137 Å². The van der Waals surface area contributed by atoms with Crippen LogP contribution >= 0.6 is 0 Å². The van der Waals surface area contributed by atoms with Crippen LogP contribution in [0.5, 0.6) is 0 Å². The van der Waals surface area contributed by atoms with E-state index in [0.29, 0.717) is 43.1 Å². The molecular formula is C50H81NO9. The van der Waals surface area contributed by atoms with Gasteiger partial charge in [-0.25, -0.2) is 0 Å². The highest BCUT2D eigenvalue weighted by molar-refractivity contribution is 5.84. The third-order valence-corrected chi connectivity index (χ3v) is 17.9. The summed E-state index contributed by atoms with van der Waals surface area (Å²) in [6.07, 6.45) is 10.5. The van der Waals surface area contributed by atoms with Gasteiger partial charge in [0.2, 0.25) is 5.91 Å². The number of ether oxygens (including phenoxy) is 4. The Morgan fingerprint density at radius 1 is 0.783 bits per heavy atom. The fourth-order valence-corrected chi connectivity index (χ4v) is 15.0. The Labute approximate surface area is 361 Å². The van der Waals surface area contributed by atoms with Crippen molar-refractivity contribution < 1.29 is 43.2 Å². The second kappa shape index (κ2) is 16.0. The Morgan fingerprint density at radius 2 is 1.45 bits per heavy atom. The molecule has 2 unspecified atom stereocenters. The molecule has 6 rings (SSSR count). The van der Waals surface area contributed by atoms with Crippen LogP contribution in [0.15, 0.2) is 12.2 Å². The summed E-state index contributed by atoms with van der Waals surface area (Å²) in [5, 5.41) is 13.1. The maximum atomic E-state index is 14.8. The lowest BCUT2D eigenvalue weighted by molar-refractivity contribution is -0.300. The average molecular weight is 840 g/mol. The number of carboxylic acid groups (broad SMARTS) is 1. The summed E-state index contributed by atoms with van der Waals surface area (Å²) in [5.41, 5.74) is -0.944. The van der Waals surface area contributed by atoms with Gasteiger partial charge in [0, 0.05) is 18.4 Å². The highest BCUT2D eigenvalue weighted by Gasteiger charge is 2.72. The first-order valence-corrected chi connectivity index (χ1v) is 23.5. The first-order chi connectivity index (χ1) is 27.5. The van der Waals surface area contributed by atoms with Crippen LogP contribution in [0.1, 0.15) is 180 Å². The first kappa shape index (κ1) is 47.0. The minimum atomic E-state index is -1.17. The molecule has 0 aromatic heterocycles. The number of hydrogen-bond acceptors (Lipinski definition) is 8. The molecule has 340 valence electrons. The van der Waals surface area contributed by atoms with Gasteiger partial charge >= 0.3 is 17.9 Å². The van der Waals surface area contributed by atoms with Crippen molar-refractivity contribution in [3.05, 3.63) is 12.2 Å². The van der Waals surface area contributed by atoms with E-state index in [1.165, 1.54) is 5.57 Å². The minimum absolute atomic E-state index is 0.0664. The molecule has 1 saturated heterocycles. The number of hydrogen-bond donors (Lipinski definition) is 2. The predicted molar refractivity (Wildman–Crippen MR) is 231 cm³/mol. The fraction of sp³-hybridized carbons (Fsp3) is 0.880. The number of allylic oxidation sites excluding steroid dienone is 1. The van der Waals surface area contributed by atoms with Gasteiger partial charge in [-0.2, -0.15) is 0 Å². The van der Waals surface area contributed by atoms with E-state index in [4.69, 9.17) is 18.9 Å². The van der Waals surface area contributed by atoms with Crippen LogP contribution in [-0.2, 0) is 38.1 Å². The van der Waals surface area contributed by atoms with Crippen LogP contribution in [0, 0.1) is 62.1 Å². The summed E-state index contributed by atoms with van der Waals surface area (Å²) in [5.74, 6) is -0.463. The Kier molecular flexibility index (Phi) is 12.5. The number of carbonyl (C=O) groups is 4. The van der Waals surface area contributed by atoms with Crippen molar-refractivity contribution in [1.29, 1.82) is 0 Å². The smallest absolute Gasteiger partial charge is 0.309 e. The maximum Gasteiger partial charge on any atom is 0.309 e. The van der Waals surface area contributed by atoms with Crippen LogP contribution in [0.25, 0.3) is 0 Å². The van der Waals surface area contributed by atoms with Crippen LogP contribution in [0.2, 0.25) is 0 Å². The van der Waals surface area contributed by atoms with E-state index in [2.05, 4.69) is 53.4 Å². The van der Waals surface area contributed by atoms with E-state index in [1.54, 1.807) is 13.8 Å². The van der Waals surface area contributed by atoms with Gasteiger partial charge in [-0.15, -0.1) is 0 Å². The second-order valence-corrected chi connectivity index (χ2v) is 24.0. The number of aliphatic carboxylic acids is 1. The number of carboxylic acids is 1. The summed E-state index contributed by atoms with van der Waals surface area (Å²) < 4.78 is 24.2. The molecule has 12 atom stereocenters. The quantitative estimate of drug-likeness (QED) is 0.154. The lowest BCUT2D eigenvalue weighted by atomic mass is 9.32. The molecule has 1 amide bonds. The fourth-order valence-electron chi connectivity index (χ4n) is 15.0. The molecule has 0 spiro atoms. The van der Waals surface area contributed by atoms with E-state index in [9.17, 15) is 24.3 Å². The number of nitrogens with one attached hydrogen (secondary N) is 1. The molecule has 0 aromatic carbocycles. The molecule has 10 nitrogen and oxygen atoms in total. The second-order valence-electron chi connectivity index (χ2n) is 24.0. The highest BCUT2D eigenvalue weighted by atomic mass is 16.7. The zero-order valence-electron chi connectivity index (χ0n) is 39.6.